The summed E-state index contributed by atoms with van der Waals surface area (Å²) < 4.78 is 0. The van der Waals surface area contributed by atoms with Gasteiger partial charge in [-0.1, -0.05) is 37.0 Å². The van der Waals surface area contributed by atoms with E-state index in [1.165, 1.54) is 6.07 Å². The second-order valence-electron chi connectivity index (χ2n) is 6.91. The summed E-state index contributed by atoms with van der Waals surface area (Å²) in [4.78, 5) is 27.5. The van der Waals surface area contributed by atoms with Crippen LogP contribution in [-0.4, -0.2) is 35.1 Å². The van der Waals surface area contributed by atoms with Crippen molar-refractivity contribution in [3.63, 3.8) is 0 Å². The Morgan fingerprint density at radius 3 is 2.76 bits per heavy atom. The first-order valence-corrected chi connectivity index (χ1v) is 8.65. The molecule has 6 nitrogen and oxygen atoms in total. The summed E-state index contributed by atoms with van der Waals surface area (Å²) in [5.74, 6) is -1.11. The summed E-state index contributed by atoms with van der Waals surface area (Å²) in [6.07, 6.45) is 0. The van der Waals surface area contributed by atoms with Crippen molar-refractivity contribution in [3.8, 4) is 0 Å². The molecule has 134 valence electrons. The SMILES string of the molecule is CC1C(=O)NCC(C)(C)c2[nH]c3c(Cl)c(Cl)cc(NC(=O)CO)c3c21. The Balaban J connectivity index is 2.40. The van der Waals surface area contributed by atoms with E-state index in [9.17, 15) is 9.59 Å². The maximum absolute atomic E-state index is 12.4. The lowest BCUT2D eigenvalue weighted by molar-refractivity contribution is -0.122. The first-order valence-electron chi connectivity index (χ1n) is 7.90. The number of hydrogen-bond acceptors (Lipinski definition) is 3. The molecule has 3 rings (SSSR count). The summed E-state index contributed by atoms with van der Waals surface area (Å²) in [5, 5.41) is 15.9. The van der Waals surface area contributed by atoms with E-state index in [1.54, 1.807) is 0 Å². The minimum Gasteiger partial charge on any atom is -0.387 e. The number of H-pyrrole nitrogens is 1. The number of benzene rings is 1. The topological polar surface area (TPSA) is 94.2 Å². The van der Waals surface area contributed by atoms with E-state index in [4.69, 9.17) is 28.3 Å². The summed E-state index contributed by atoms with van der Waals surface area (Å²) in [5.41, 5.74) is 2.28. The minimum absolute atomic E-state index is 0.0989. The zero-order valence-corrected chi connectivity index (χ0v) is 15.6. The highest BCUT2D eigenvalue weighted by molar-refractivity contribution is 6.46. The molecule has 2 aromatic rings. The Morgan fingerprint density at radius 1 is 1.44 bits per heavy atom. The van der Waals surface area contributed by atoms with Gasteiger partial charge in [-0.05, 0) is 18.6 Å². The van der Waals surface area contributed by atoms with Crippen LogP contribution in [0.5, 0.6) is 0 Å². The monoisotopic (exact) mass is 383 g/mol. The zero-order valence-electron chi connectivity index (χ0n) is 14.1. The molecule has 0 saturated carbocycles. The van der Waals surface area contributed by atoms with Crippen molar-refractivity contribution in [3.05, 3.63) is 27.4 Å². The molecular weight excluding hydrogens is 365 g/mol. The lowest BCUT2D eigenvalue weighted by atomic mass is 9.84. The summed E-state index contributed by atoms with van der Waals surface area (Å²) in [7, 11) is 0. The largest absolute Gasteiger partial charge is 0.387 e. The average Bonchev–Trinajstić information content (AvgIpc) is 2.95. The molecule has 4 N–H and O–H groups in total. The Kier molecular flexibility index (Phi) is 4.47. The van der Waals surface area contributed by atoms with Crippen molar-refractivity contribution < 1.29 is 14.7 Å². The van der Waals surface area contributed by atoms with Crippen molar-refractivity contribution in [1.82, 2.24) is 10.3 Å². The van der Waals surface area contributed by atoms with E-state index in [1.807, 2.05) is 20.8 Å². The Labute approximate surface area is 154 Å². The van der Waals surface area contributed by atoms with Crippen LogP contribution in [0.15, 0.2) is 6.07 Å². The number of aliphatic hydroxyl groups is 1. The third-order valence-corrected chi connectivity index (χ3v) is 5.42. The molecule has 0 fully saturated rings. The molecule has 0 aliphatic carbocycles. The number of aromatic amines is 1. The van der Waals surface area contributed by atoms with Crippen LogP contribution >= 0.6 is 23.2 Å². The standard InChI is InChI=1S/C17H19Cl2N3O3/c1-7-11-12-9(21-10(24)5-23)4-8(18)13(19)14(12)22-15(11)17(2,3)6-20-16(7)25/h4,7,22-23H,5-6H2,1-3H3,(H,20,25)(H,21,24). The molecule has 0 radical (unpaired) electrons. The number of carbonyl (C=O) groups is 2. The molecule has 1 atom stereocenters. The van der Waals surface area contributed by atoms with Gasteiger partial charge in [-0.2, -0.15) is 0 Å². The van der Waals surface area contributed by atoms with E-state index in [-0.39, 0.29) is 16.3 Å². The van der Waals surface area contributed by atoms with Gasteiger partial charge in [0.05, 0.1) is 27.2 Å². The first-order chi connectivity index (χ1) is 11.7. The van der Waals surface area contributed by atoms with Crippen molar-refractivity contribution >= 4 is 51.6 Å². The number of halogens is 2. The number of carbonyl (C=O) groups excluding carboxylic acids is 2. The van der Waals surface area contributed by atoms with Crippen LogP contribution < -0.4 is 10.6 Å². The highest BCUT2D eigenvalue weighted by Crippen LogP contribution is 2.45. The lowest BCUT2D eigenvalue weighted by Crippen LogP contribution is -2.35. The van der Waals surface area contributed by atoms with Gasteiger partial charge in [0.1, 0.15) is 6.61 Å². The van der Waals surface area contributed by atoms with Crippen LogP contribution in [0.1, 0.15) is 37.9 Å². The maximum Gasteiger partial charge on any atom is 0.250 e. The molecule has 1 aliphatic heterocycles. The van der Waals surface area contributed by atoms with Crippen molar-refractivity contribution in [2.45, 2.75) is 32.1 Å². The average molecular weight is 384 g/mol. The van der Waals surface area contributed by atoms with Gasteiger partial charge < -0.3 is 20.7 Å². The Bertz CT molecular complexity index is 889. The van der Waals surface area contributed by atoms with E-state index in [0.29, 0.717) is 28.2 Å². The molecule has 0 bridgehead atoms. The fourth-order valence-corrected chi connectivity index (χ4v) is 3.68. The fourth-order valence-electron chi connectivity index (χ4n) is 3.28. The Morgan fingerprint density at radius 2 is 2.12 bits per heavy atom. The molecule has 0 spiro atoms. The van der Waals surface area contributed by atoms with E-state index < -0.39 is 18.4 Å². The molecule has 1 aromatic carbocycles. The predicted molar refractivity (Wildman–Crippen MR) is 98.5 cm³/mol. The smallest absolute Gasteiger partial charge is 0.250 e. The Hall–Kier alpha value is -1.76. The quantitative estimate of drug-likeness (QED) is 0.641. The van der Waals surface area contributed by atoms with Crippen LogP contribution in [0, 0.1) is 0 Å². The van der Waals surface area contributed by atoms with Crippen molar-refractivity contribution in [2.75, 3.05) is 18.5 Å². The minimum atomic E-state index is -0.657. The lowest BCUT2D eigenvalue weighted by Gasteiger charge is -2.22. The first kappa shape index (κ1) is 18.0. The molecule has 1 aromatic heterocycles. The van der Waals surface area contributed by atoms with Gasteiger partial charge in [0.25, 0.3) is 0 Å². The van der Waals surface area contributed by atoms with Crippen LogP contribution in [0.25, 0.3) is 10.9 Å². The third-order valence-electron chi connectivity index (χ3n) is 4.63. The number of nitrogens with one attached hydrogen (secondary N) is 3. The van der Waals surface area contributed by atoms with Gasteiger partial charge in [0.2, 0.25) is 11.8 Å². The number of amides is 2. The third kappa shape index (κ3) is 2.88. The second-order valence-corrected chi connectivity index (χ2v) is 7.70. The molecule has 25 heavy (non-hydrogen) atoms. The summed E-state index contributed by atoms with van der Waals surface area (Å²) in [6.45, 7) is 5.65. The van der Waals surface area contributed by atoms with Gasteiger partial charge in [-0.3, -0.25) is 9.59 Å². The molecule has 8 heteroatoms. The zero-order chi connectivity index (χ0) is 18.5. The normalized spacial score (nSPS) is 19.3. The fraction of sp³-hybridized carbons (Fsp3) is 0.412. The number of anilines is 1. The molecule has 2 amide bonds. The molecule has 0 saturated heterocycles. The maximum atomic E-state index is 12.4. The van der Waals surface area contributed by atoms with Crippen LogP contribution in [0.3, 0.4) is 0 Å². The highest BCUT2D eigenvalue weighted by Gasteiger charge is 2.37. The van der Waals surface area contributed by atoms with E-state index >= 15 is 0 Å². The number of aliphatic hydroxyl groups excluding tert-OH is 1. The van der Waals surface area contributed by atoms with Gasteiger partial charge >= 0.3 is 0 Å². The van der Waals surface area contributed by atoms with E-state index in [0.717, 1.165) is 11.3 Å². The van der Waals surface area contributed by atoms with Gasteiger partial charge in [-0.25, -0.2) is 0 Å². The highest BCUT2D eigenvalue weighted by atomic mass is 35.5. The van der Waals surface area contributed by atoms with E-state index in [2.05, 4.69) is 15.6 Å². The molecule has 2 heterocycles. The van der Waals surface area contributed by atoms with Crippen molar-refractivity contribution in [1.29, 1.82) is 0 Å². The summed E-state index contributed by atoms with van der Waals surface area (Å²) >= 11 is 12.6. The number of rotatable bonds is 2. The summed E-state index contributed by atoms with van der Waals surface area (Å²) in [6, 6.07) is 1.54. The van der Waals surface area contributed by atoms with Gasteiger partial charge in [0.15, 0.2) is 0 Å². The molecule has 1 unspecified atom stereocenters. The number of aromatic nitrogens is 1. The molecule has 1 aliphatic rings. The van der Waals surface area contributed by atoms with Crippen LogP contribution in [0.2, 0.25) is 10.0 Å². The predicted octanol–water partition coefficient (Wildman–Crippen LogP) is 2.92. The van der Waals surface area contributed by atoms with Crippen molar-refractivity contribution in [2.24, 2.45) is 0 Å². The number of fused-ring (bicyclic) bond motifs is 3. The number of hydrogen-bond donors (Lipinski definition) is 4. The van der Waals surface area contributed by atoms with Crippen LogP contribution in [0.4, 0.5) is 5.69 Å². The second kappa shape index (κ2) is 6.20. The van der Waals surface area contributed by atoms with Gasteiger partial charge in [-0.15, -0.1) is 0 Å². The molecular formula is C17H19Cl2N3O3. The van der Waals surface area contributed by atoms with Crippen LogP contribution in [-0.2, 0) is 15.0 Å². The van der Waals surface area contributed by atoms with Gasteiger partial charge in [0, 0.05) is 23.0 Å².